The fourth-order valence-corrected chi connectivity index (χ4v) is 1.56. The standard InChI is InChI=1S/C10H10O3/c1-12-8-3-2-4-9-10(8)7(5-11)6-13-9/h2-5,7H,6H2,1H3. The van der Waals surface area contributed by atoms with Gasteiger partial charge in [0.05, 0.1) is 13.0 Å². The molecule has 68 valence electrons. The van der Waals surface area contributed by atoms with E-state index in [0.29, 0.717) is 6.61 Å². The zero-order valence-electron chi connectivity index (χ0n) is 7.32. The lowest BCUT2D eigenvalue weighted by atomic mass is 10.0. The Balaban J connectivity index is 2.52. The number of fused-ring (bicyclic) bond motifs is 1. The molecule has 1 aromatic carbocycles. The number of methoxy groups -OCH3 is 1. The molecular weight excluding hydrogens is 168 g/mol. The summed E-state index contributed by atoms with van der Waals surface area (Å²) in [5.74, 6) is 1.31. The zero-order valence-corrected chi connectivity index (χ0v) is 7.32. The van der Waals surface area contributed by atoms with E-state index >= 15 is 0 Å². The van der Waals surface area contributed by atoms with Crippen molar-refractivity contribution >= 4 is 6.29 Å². The number of aldehydes is 1. The molecule has 0 radical (unpaired) electrons. The molecule has 1 atom stereocenters. The van der Waals surface area contributed by atoms with E-state index in [2.05, 4.69) is 0 Å². The van der Waals surface area contributed by atoms with Crippen molar-refractivity contribution in [2.45, 2.75) is 5.92 Å². The maximum absolute atomic E-state index is 10.7. The third-order valence-corrected chi connectivity index (χ3v) is 2.20. The third kappa shape index (κ3) is 1.16. The number of ether oxygens (including phenoxy) is 2. The predicted molar refractivity (Wildman–Crippen MR) is 47.3 cm³/mol. The Bertz CT molecular complexity index is 333. The molecule has 0 saturated carbocycles. The summed E-state index contributed by atoms with van der Waals surface area (Å²) in [4.78, 5) is 10.7. The summed E-state index contributed by atoms with van der Waals surface area (Å²) >= 11 is 0. The van der Waals surface area contributed by atoms with Gasteiger partial charge in [0.15, 0.2) is 0 Å². The Kier molecular flexibility index (Phi) is 1.93. The molecule has 1 unspecified atom stereocenters. The summed E-state index contributed by atoms with van der Waals surface area (Å²) in [6.07, 6.45) is 0.897. The van der Waals surface area contributed by atoms with E-state index in [1.54, 1.807) is 7.11 Å². The van der Waals surface area contributed by atoms with Crippen LogP contribution in [-0.2, 0) is 4.79 Å². The molecule has 0 N–H and O–H groups in total. The smallest absolute Gasteiger partial charge is 0.131 e. The highest BCUT2D eigenvalue weighted by molar-refractivity contribution is 5.69. The largest absolute Gasteiger partial charge is 0.496 e. The van der Waals surface area contributed by atoms with E-state index in [4.69, 9.17) is 9.47 Å². The van der Waals surface area contributed by atoms with Gasteiger partial charge in [0.1, 0.15) is 24.4 Å². The van der Waals surface area contributed by atoms with E-state index < -0.39 is 0 Å². The predicted octanol–water partition coefficient (Wildman–Crippen LogP) is 1.37. The van der Waals surface area contributed by atoms with Crippen LogP contribution in [0.4, 0.5) is 0 Å². The van der Waals surface area contributed by atoms with Gasteiger partial charge in [-0.3, -0.25) is 0 Å². The number of rotatable bonds is 2. The highest BCUT2D eigenvalue weighted by atomic mass is 16.5. The lowest BCUT2D eigenvalue weighted by Gasteiger charge is -2.06. The Morgan fingerprint density at radius 2 is 2.46 bits per heavy atom. The van der Waals surface area contributed by atoms with E-state index in [1.807, 2.05) is 18.2 Å². The summed E-state index contributed by atoms with van der Waals surface area (Å²) in [5, 5.41) is 0. The van der Waals surface area contributed by atoms with Crippen molar-refractivity contribution < 1.29 is 14.3 Å². The van der Waals surface area contributed by atoms with Gasteiger partial charge in [-0.05, 0) is 12.1 Å². The first-order valence-corrected chi connectivity index (χ1v) is 4.12. The van der Waals surface area contributed by atoms with Gasteiger partial charge >= 0.3 is 0 Å². The molecule has 1 aliphatic rings. The van der Waals surface area contributed by atoms with Gasteiger partial charge < -0.3 is 14.3 Å². The molecule has 0 amide bonds. The average molecular weight is 178 g/mol. The molecule has 1 aromatic rings. The quantitative estimate of drug-likeness (QED) is 0.641. The monoisotopic (exact) mass is 178 g/mol. The van der Waals surface area contributed by atoms with Crippen molar-refractivity contribution in [2.24, 2.45) is 0 Å². The van der Waals surface area contributed by atoms with Gasteiger partial charge in [-0.15, -0.1) is 0 Å². The molecule has 3 heteroatoms. The number of carbonyl (C=O) groups is 1. The fourth-order valence-electron chi connectivity index (χ4n) is 1.56. The molecular formula is C10H10O3. The molecule has 13 heavy (non-hydrogen) atoms. The number of carbonyl (C=O) groups excluding carboxylic acids is 1. The second kappa shape index (κ2) is 3.09. The Morgan fingerprint density at radius 3 is 3.15 bits per heavy atom. The molecule has 0 spiro atoms. The van der Waals surface area contributed by atoms with E-state index in [9.17, 15) is 4.79 Å². The molecule has 0 saturated heterocycles. The molecule has 2 rings (SSSR count). The maximum atomic E-state index is 10.7. The SMILES string of the molecule is COc1cccc2c1C(C=O)CO2. The van der Waals surface area contributed by atoms with Crippen LogP contribution in [0.3, 0.4) is 0 Å². The normalized spacial score (nSPS) is 19.0. The maximum Gasteiger partial charge on any atom is 0.131 e. The average Bonchev–Trinajstić information content (AvgIpc) is 2.60. The highest BCUT2D eigenvalue weighted by Gasteiger charge is 2.26. The minimum Gasteiger partial charge on any atom is -0.496 e. The molecule has 1 heterocycles. The number of hydrogen-bond acceptors (Lipinski definition) is 3. The zero-order chi connectivity index (χ0) is 9.26. The van der Waals surface area contributed by atoms with Crippen molar-refractivity contribution in [3.05, 3.63) is 23.8 Å². The summed E-state index contributed by atoms with van der Waals surface area (Å²) in [6.45, 7) is 0.430. The van der Waals surface area contributed by atoms with Crippen LogP contribution in [-0.4, -0.2) is 20.0 Å². The van der Waals surface area contributed by atoms with E-state index in [-0.39, 0.29) is 5.92 Å². The van der Waals surface area contributed by atoms with E-state index in [0.717, 1.165) is 23.3 Å². The number of hydrogen-bond donors (Lipinski definition) is 0. The van der Waals surface area contributed by atoms with Crippen LogP contribution in [0.2, 0.25) is 0 Å². The topological polar surface area (TPSA) is 35.5 Å². The molecule has 0 aromatic heterocycles. The summed E-state index contributed by atoms with van der Waals surface area (Å²) in [6, 6.07) is 5.54. The molecule has 0 fully saturated rings. The van der Waals surface area contributed by atoms with Crippen molar-refractivity contribution in [1.29, 1.82) is 0 Å². The van der Waals surface area contributed by atoms with Crippen molar-refractivity contribution in [2.75, 3.05) is 13.7 Å². The number of benzene rings is 1. The highest BCUT2D eigenvalue weighted by Crippen LogP contribution is 2.39. The summed E-state index contributed by atoms with van der Waals surface area (Å²) in [7, 11) is 1.59. The lowest BCUT2D eigenvalue weighted by Crippen LogP contribution is -2.02. The summed E-state index contributed by atoms with van der Waals surface area (Å²) in [5.41, 5.74) is 0.875. The fraction of sp³-hybridized carbons (Fsp3) is 0.300. The van der Waals surface area contributed by atoms with Crippen LogP contribution < -0.4 is 9.47 Å². The van der Waals surface area contributed by atoms with Crippen LogP contribution >= 0.6 is 0 Å². The summed E-state index contributed by atoms with van der Waals surface area (Å²) < 4.78 is 10.5. The molecule has 0 aliphatic carbocycles. The Hall–Kier alpha value is -1.51. The van der Waals surface area contributed by atoms with Crippen molar-refractivity contribution in [3.63, 3.8) is 0 Å². The van der Waals surface area contributed by atoms with Crippen LogP contribution in [0.1, 0.15) is 11.5 Å². The van der Waals surface area contributed by atoms with Crippen LogP contribution in [0.15, 0.2) is 18.2 Å². The van der Waals surface area contributed by atoms with E-state index in [1.165, 1.54) is 0 Å². The van der Waals surface area contributed by atoms with Gasteiger partial charge in [-0.2, -0.15) is 0 Å². The first kappa shape index (κ1) is 8.10. The Morgan fingerprint density at radius 1 is 1.62 bits per heavy atom. The molecule has 3 nitrogen and oxygen atoms in total. The first-order chi connectivity index (χ1) is 6.36. The minimum absolute atomic E-state index is 0.175. The van der Waals surface area contributed by atoms with Gasteiger partial charge in [0, 0.05) is 5.56 Å². The third-order valence-electron chi connectivity index (χ3n) is 2.20. The first-order valence-electron chi connectivity index (χ1n) is 4.12. The second-order valence-corrected chi connectivity index (χ2v) is 2.93. The van der Waals surface area contributed by atoms with Gasteiger partial charge in [0.25, 0.3) is 0 Å². The lowest BCUT2D eigenvalue weighted by molar-refractivity contribution is -0.109. The van der Waals surface area contributed by atoms with Crippen LogP contribution in [0, 0.1) is 0 Å². The van der Waals surface area contributed by atoms with Crippen molar-refractivity contribution in [3.8, 4) is 11.5 Å². The van der Waals surface area contributed by atoms with Gasteiger partial charge in [-0.1, -0.05) is 6.07 Å². The minimum atomic E-state index is -0.175. The molecule has 1 aliphatic heterocycles. The molecule has 0 bridgehead atoms. The van der Waals surface area contributed by atoms with Gasteiger partial charge in [0.2, 0.25) is 0 Å². The van der Waals surface area contributed by atoms with Crippen LogP contribution in [0.25, 0.3) is 0 Å². The van der Waals surface area contributed by atoms with Crippen molar-refractivity contribution in [1.82, 2.24) is 0 Å². The van der Waals surface area contributed by atoms with Gasteiger partial charge in [-0.25, -0.2) is 0 Å². The van der Waals surface area contributed by atoms with Crippen LogP contribution in [0.5, 0.6) is 11.5 Å². The second-order valence-electron chi connectivity index (χ2n) is 2.93. The Labute approximate surface area is 76.3 Å².